The summed E-state index contributed by atoms with van der Waals surface area (Å²) >= 11 is 1.54. The molecule has 0 saturated heterocycles. The minimum Gasteiger partial charge on any atom is -0.459 e. The molecule has 2 aromatic rings. The molecule has 0 saturated carbocycles. The number of aromatic nitrogens is 2. The van der Waals surface area contributed by atoms with Crippen LogP contribution in [0.5, 0.6) is 0 Å². The van der Waals surface area contributed by atoms with Crippen LogP contribution in [0.3, 0.4) is 0 Å². The normalized spacial score (nSPS) is 10.7. The molecular formula is C9H10N2O3S. The lowest BCUT2D eigenvalue weighted by Crippen LogP contribution is -1.87. The van der Waals surface area contributed by atoms with E-state index in [0.717, 1.165) is 0 Å². The number of thioether (sulfide) groups is 1. The largest absolute Gasteiger partial charge is 0.459 e. The average molecular weight is 226 g/mol. The van der Waals surface area contributed by atoms with Crippen molar-refractivity contribution < 1.29 is 13.9 Å². The van der Waals surface area contributed by atoms with Crippen LogP contribution in [0.2, 0.25) is 0 Å². The van der Waals surface area contributed by atoms with Gasteiger partial charge in [-0.25, -0.2) is 0 Å². The van der Waals surface area contributed by atoms with E-state index in [1.165, 1.54) is 0 Å². The van der Waals surface area contributed by atoms with E-state index in [1.54, 1.807) is 30.2 Å². The fourth-order valence-electron chi connectivity index (χ4n) is 1.04. The lowest BCUT2D eigenvalue weighted by molar-refractivity contribution is 0.322. The van der Waals surface area contributed by atoms with Crippen LogP contribution < -0.4 is 0 Å². The van der Waals surface area contributed by atoms with Gasteiger partial charge >= 0.3 is 0 Å². The van der Waals surface area contributed by atoms with Crippen molar-refractivity contribution in [3.63, 3.8) is 0 Å². The van der Waals surface area contributed by atoms with Gasteiger partial charge < -0.3 is 13.9 Å². The molecule has 0 unspecified atom stereocenters. The highest BCUT2D eigenvalue weighted by Gasteiger charge is 2.10. The van der Waals surface area contributed by atoms with Crippen molar-refractivity contribution in [2.45, 2.75) is 5.75 Å². The van der Waals surface area contributed by atoms with E-state index in [4.69, 9.17) is 13.9 Å². The maximum absolute atomic E-state index is 8.60. The SMILES string of the molecule is OCCSCc1nnc(-c2ccco2)o1. The van der Waals surface area contributed by atoms with E-state index in [9.17, 15) is 0 Å². The van der Waals surface area contributed by atoms with E-state index < -0.39 is 0 Å². The van der Waals surface area contributed by atoms with E-state index in [0.29, 0.717) is 29.0 Å². The summed E-state index contributed by atoms with van der Waals surface area (Å²) in [7, 11) is 0. The molecule has 0 atom stereocenters. The zero-order chi connectivity index (χ0) is 10.5. The second-order valence-electron chi connectivity index (χ2n) is 2.75. The Balaban J connectivity index is 1.98. The second kappa shape index (κ2) is 4.99. The molecule has 2 heterocycles. The van der Waals surface area contributed by atoms with Gasteiger partial charge in [-0.15, -0.1) is 22.0 Å². The first-order valence-corrected chi connectivity index (χ1v) is 5.60. The molecule has 0 bridgehead atoms. The highest BCUT2D eigenvalue weighted by Crippen LogP contribution is 2.19. The predicted molar refractivity (Wildman–Crippen MR) is 55.2 cm³/mol. The van der Waals surface area contributed by atoms with E-state index in [-0.39, 0.29) is 6.61 Å². The number of nitrogens with zero attached hydrogens (tertiary/aromatic N) is 2. The summed E-state index contributed by atoms with van der Waals surface area (Å²) in [6, 6.07) is 3.53. The number of furan rings is 1. The summed E-state index contributed by atoms with van der Waals surface area (Å²) < 4.78 is 10.5. The maximum Gasteiger partial charge on any atom is 0.283 e. The van der Waals surface area contributed by atoms with Gasteiger partial charge in [-0.1, -0.05) is 0 Å². The van der Waals surface area contributed by atoms with E-state index >= 15 is 0 Å². The molecule has 0 radical (unpaired) electrons. The molecule has 0 aliphatic rings. The fourth-order valence-corrected chi connectivity index (χ4v) is 1.60. The molecule has 80 valence electrons. The number of hydrogen-bond acceptors (Lipinski definition) is 6. The quantitative estimate of drug-likeness (QED) is 0.780. The first kappa shape index (κ1) is 10.3. The fraction of sp³-hybridized carbons (Fsp3) is 0.333. The molecule has 15 heavy (non-hydrogen) atoms. The smallest absolute Gasteiger partial charge is 0.283 e. The second-order valence-corrected chi connectivity index (χ2v) is 3.86. The van der Waals surface area contributed by atoms with Crippen LogP contribution in [-0.4, -0.2) is 27.7 Å². The Labute approximate surface area is 90.5 Å². The maximum atomic E-state index is 8.60. The molecule has 0 aliphatic carbocycles. The standard InChI is InChI=1S/C9H10N2O3S/c12-3-5-15-6-8-10-11-9(14-8)7-2-1-4-13-7/h1-2,4,12H,3,5-6H2. The molecular weight excluding hydrogens is 216 g/mol. The lowest BCUT2D eigenvalue weighted by Gasteiger charge is -1.92. The summed E-state index contributed by atoms with van der Waals surface area (Å²) in [5.41, 5.74) is 0. The molecule has 1 N–H and O–H groups in total. The van der Waals surface area contributed by atoms with Gasteiger partial charge in [0, 0.05) is 5.75 Å². The van der Waals surface area contributed by atoms with Gasteiger partial charge in [0.05, 0.1) is 18.6 Å². The van der Waals surface area contributed by atoms with Crippen molar-refractivity contribution in [1.29, 1.82) is 0 Å². The van der Waals surface area contributed by atoms with Crippen molar-refractivity contribution in [1.82, 2.24) is 10.2 Å². The molecule has 6 heteroatoms. The number of aliphatic hydroxyl groups excluding tert-OH is 1. The number of rotatable bonds is 5. The van der Waals surface area contributed by atoms with Gasteiger partial charge in [0.1, 0.15) is 0 Å². The Hall–Kier alpha value is -1.27. The third-order valence-corrected chi connectivity index (χ3v) is 2.58. The zero-order valence-electron chi connectivity index (χ0n) is 7.92. The van der Waals surface area contributed by atoms with Crippen LogP contribution in [0, 0.1) is 0 Å². The van der Waals surface area contributed by atoms with Crippen molar-refractivity contribution in [2.24, 2.45) is 0 Å². The molecule has 0 fully saturated rings. The van der Waals surface area contributed by atoms with Gasteiger partial charge in [0.2, 0.25) is 5.89 Å². The van der Waals surface area contributed by atoms with Gasteiger partial charge in [0.25, 0.3) is 5.89 Å². The molecule has 5 nitrogen and oxygen atoms in total. The van der Waals surface area contributed by atoms with Crippen molar-refractivity contribution in [3.05, 3.63) is 24.3 Å². The Morgan fingerprint density at radius 2 is 2.33 bits per heavy atom. The molecule has 2 rings (SSSR count). The molecule has 0 aromatic carbocycles. The molecule has 0 spiro atoms. The summed E-state index contributed by atoms with van der Waals surface area (Å²) in [5, 5.41) is 16.3. The highest BCUT2D eigenvalue weighted by atomic mass is 32.2. The first-order valence-electron chi connectivity index (χ1n) is 4.45. The minimum atomic E-state index is 0.157. The van der Waals surface area contributed by atoms with Gasteiger partial charge in [-0.2, -0.15) is 0 Å². The molecule has 0 aliphatic heterocycles. The third kappa shape index (κ3) is 2.60. The van der Waals surface area contributed by atoms with Crippen molar-refractivity contribution in [2.75, 3.05) is 12.4 Å². The third-order valence-electron chi connectivity index (χ3n) is 1.66. The first-order chi connectivity index (χ1) is 7.40. The average Bonchev–Trinajstić information content (AvgIpc) is 2.87. The van der Waals surface area contributed by atoms with Crippen molar-refractivity contribution >= 4 is 11.8 Å². The summed E-state index contributed by atoms with van der Waals surface area (Å²) in [5.74, 6) is 2.77. The van der Waals surface area contributed by atoms with E-state index in [2.05, 4.69) is 10.2 Å². The van der Waals surface area contributed by atoms with Crippen LogP contribution in [-0.2, 0) is 5.75 Å². The predicted octanol–water partition coefficient (Wildman–Crippen LogP) is 1.56. The van der Waals surface area contributed by atoms with Gasteiger partial charge in [-0.05, 0) is 12.1 Å². The van der Waals surface area contributed by atoms with Gasteiger partial charge in [-0.3, -0.25) is 0 Å². The van der Waals surface area contributed by atoms with Crippen LogP contribution >= 0.6 is 11.8 Å². The summed E-state index contributed by atoms with van der Waals surface area (Å²) in [6.07, 6.45) is 1.56. The molecule has 2 aromatic heterocycles. The van der Waals surface area contributed by atoms with Crippen LogP contribution in [0.15, 0.2) is 27.2 Å². The topological polar surface area (TPSA) is 72.3 Å². The van der Waals surface area contributed by atoms with Gasteiger partial charge in [0.15, 0.2) is 5.76 Å². The summed E-state index contributed by atoms with van der Waals surface area (Å²) in [6.45, 7) is 0.157. The van der Waals surface area contributed by atoms with Crippen LogP contribution in [0.1, 0.15) is 5.89 Å². The van der Waals surface area contributed by atoms with Crippen LogP contribution in [0.25, 0.3) is 11.7 Å². The van der Waals surface area contributed by atoms with Crippen LogP contribution in [0.4, 0.5) is 0 Å². The zero-order valence-corrected chi connectivity index (χ0v) is 8.74. The number of aliphatic hydroxyl groups is 1. The van der Waals surface area contributed by atoms with E-state index in [1.807, 2.05) is 0 Å². The monoisotopic (exact) mass is 226 g/mol. The Kier molecular flexibility index (Phi) is 3.41. The van der Waals surface area contributed by atoms with Crippen molar-refractivity contribution in [3.8, 4) is 11.7 Å². The summed E-state index contributed by atoms with van der Waals surface area (Å²) in [4.78, 5) is 0. The number of hydrogen-bond donors (Lipinski definition) is 1. The Morgan fingerprint density at radius 1 is 1.40 bits per heavy atom. The Bertz CT molecular complexity index is 399. The Morgan fingerprint density at radius 3 is 3.07 bits per heavy atom. The lowest BCUT2D eigenvalue weighted by atomic mass is 10.5. The molecule has 0 amide bonds. The minimum absolute atomic E-state index is 0.157. The highest BCUT2D eigenvalue weighted by molar-refractivity contribution is 7.98.